The average Bonchev–Trinajstić information content (AvgIpc) is 3.13. The predicted molar refractivity (Wildman–Crippen MR) is 115 cm³/mol. The molecule has 9 heteroatoms. The molecule has 3 N–H and O–H groups in total. The van der Waals surface area contributed by atoms with Crippen molar-refractivity contribution in [2.45, 2.75) is 32.6 Å². The van der Waals surface area contributed by atoms with Gasteiger partial charge in [0.05, 0.1) is 22.5 Å². The summed E-state index contributed by atoms with van der Waals surface area (Å²) in [7, 11) is 0. The summed E-state index contributed by atoms with van der Waals surface area (Å²) >= 11 is 5.98. The second kappa shape index (κ2) is 7.16. The van der Waals surface area contributed by atoms with Crippen molar-refractivity contribution in [3.05, 3.63) is 57.4 Å². The van der Waals surface area contributed by atoms with Crippen molar-refractivity contribution in [2.24, 2.45) is 0 Å². The maximum absolute atomic E-state index is 15.7. The quantitative estimate of drug-likeness (QED) is 0.420. The number of fused-ring (bicyclic) bond motifs is 5. The van der Waals surface area contributed by atoms with Gasteiger partial charge in [0.2, 0.25) is 0 Å². The maximum Gasteiger partial charge on any atom is 0.253 e. The Kier molecular flexibility index (Phi) is 4.55. The van der Waals surface area contributed by atoms with Crippen LogP contribution in [0.1, 0.15) is 57.3 Å². The number of Topliss-reactive ketones (excluding diaryl/α,β-unsaturated/α-hetero) is 1. The Hall–Kier alpha value is -3.26. The van der Waals surface area contributed by atoms with Crippen LogP contribution >= 0.6 is 11.6 Å². The summed E-state index contributed by atoms with van der Waals surface area (Å²) in [5, 5.41) is 5.97. The van der Waals surface area contributed by atoms with Crippen molar-refractivity contribution in [2.75, 3.05) is 11.9 Å². The molecular formula is C22H19ClFN5O2. The number of H-pyrrole nitrogens is 1. The first kappa shape index (κ1) is 19.7. The van der Waals surface area contributed by atoms with Crippen LogP contribution in [0.5, 0.6) is 0 Å². The summed E-state index contributed by atoms with van der Waals surface area (Å²) in [6, 6.07) is 1.46. The number of anilines is 2. The van der Waals surface area contributed by atoms with E-state index in [9.17, 15) is 9.59 Å². The van der Waals surface area contributed by atoms with Crippen molar-refractivity contribution < 1.29 is 14.0 Å². The van der Waals surface area contributed by atoms with Gasteiger partial charge in [0.15, 0.2) is 17.4 Å². The highest BCUT2D eigenvalue weighted by atomic mass is 35.5. The molecule has 7 nitrogen and oxygen atoms in total. The molecule has 0 saturated carbocycles. The summed E-state index contributed by atoms with van der Waals surface area (Å²) in [5.41, 5.74) is 4.70. The van der Waals surface area contributed by atoms with Gasteiger partial charge in [-0.25, -0.2) is 14.4 Å². The fourth-order valence-electron chi connectivity index (χ4n) is 4.36. The first-order valence-electron chi connectivity index (χ1n) is 9.99. The number of hydrogen-bond acceptors (Lipinski definition) is 5. The van der Waals surface area contributed by atoms with Gasteiger partial charge < -0.3 is 15.6 Å². The highest BCUT2D eigenvalue weighted by Crippen LogP contribution is 2.42. The van der Waals surface area contributed by atoms with E-state index in [4.69, 9.17) is 11.6 Å². The molecule has 31 heavy (non-hydrogen) atoms. The van der Waals surface area contributed by atoms with Gasteiger partial charge in [-0.3, -0.25) is 9.59 Å². The third kappa shape index (κ3) is 3.09. The number of nitrogens with zero attached hydrogens (tertiary/aromatic N) is 2. The number of aryl methyl sites for hydroxylation is 1. The zero-order valence-corrected chi connectivity index (χ0v) is 17.7. The molecule has 2 aliphatic rings. The zero-order chi connectivity index (χ0) is 21.9. The minimum Gasteiger partial charge on any atom is -0.357 e. The predicted octanol–water partition coefficient (Wildman–Crippen LogP) is 4.16. The largest absolute Gasteiger partial charge is 0.357 e. The number of nitrogens with one attached hydrogen (secondary N) is 3. The Bertz CT molecular complexity index is 1270. The molecule has 3 aromatic rings. The minimum atomic E-state index is -0.549. The fraction of sp³-hybridized carbons (Fsp3) is 0.273. The van der Waals surface area contributed by atoms with Gasteiger partial charge in [0, 0.05) is 36.1 Å². The lowest BCUT2D eigenvalue weighted by Gasteiger charge is -2.21. The molecule has 0 saturated heterocycles. The normalized spacial score (nSPS) is 16.8. The number of hydrogen-bond donors (Lipinski definition) is 3. The summed E-state index contributed by atoms with van der Waals surface area (Å²) in [5.74, 6) is -0.820. The van der Waals surface area contributed by atoms with Gasteiger partial charge in [-0.15, -0.1) is 0 Å². The minimum absolute atomic E-state index is 0.0264. The van der Waals surface area contributed by atoms with Crippen molar-refractivity contribution in [1.82, 2.24) is 20.3 Å². The second-order valence-electron chi connectivity index (χ2n) is 7.93. The molecule has 1 aliphatic heterocycles. The second-order valence-corrected chi connectivity index (χ2v) is 8.32. The number of rotatable bonds is 3. The van der Waals surface area contributed by atoms with Crippen LogP contribution < -0.4 is 10.6 Å². The first-order valence-corrected chi connectivity index (χ1v) is 10.4. The van der Waals surface area contributed by atoms with Gasteiger partial charge in [0.1, 0.15) is 5.15 Å². The number of aromatic nitrogens is 3. The van der Waals surface area contributed by atoms with Crippen LogP contribution in [0, 0.1) is 5.82 Å². The summed E-state index contributed by atoms with van der Waals surface area (Å²) in [6.45, 7) is 3.96. The molecule has 0 spiro atoms. The van der Waals surface area contributed by atoms with Crippen LogP contribution in [-0.4, -0.2) is 33.2 Å². The first-order chi connectivity index (χ1) is 14.8. The number of pyridine rings is 2. The molecule has 4 heterocycles. The lowest BCUT2D eigenvalue weighted by Crippen LogP contribution is -2.34. The standard InChI is InChI=1S/C22H19ClFN5O2/c1-9-6-27-22(31)17-12-4-3-11-7-26-21(18(24)16(11)20(12)29-19(9)17)28-14-5-15(23)25-8-13(14)10(2)30/h5,7-9,29H,3-4,6H2,1-2H3,(H,27,31)(H,25,26,28)/t9-/m0/s1. The summed E-state index contributed by atoms with van der Waals surface area (Å²) in [6.07, 6.45) is 4.19. The Morgan fingerprint density at radius 1 is 1.26 bits per heavy atom. The Morgan fingerprint density at radius 3 is 2.84 bits per heavy atom. The van der Waals surface area contributed by atoms with Gasteiger partial charge in [-0.2, -0.15) is 0 Å². The molecule has 5 rings (SSSR count). The monoisotopic (exact) mass is 439 g/mol. The van der Waals surface area contributed by atoms with Crippen LogP contribution in [0.2, 0.25) is 5.15 Å². The molecule has 1 atom stereocenters. The third-order valence-corrected chi connectivity index (χ3v) is 6.12. The third-order valence-electron chi connectivity index (χ3n) is 5.92. The maximum atomic E-state index is 15.7. The van der Waals surface area contributed by atoms with Gasteiger partial charge >= 0.3 is 0 Å². The molecule has 0 radical (unpaired) electrons. The van der Waals surface area contributed by atoms with E-state index in [0.29, 0.717) is 41.9 Å². The van der Waals surface area contributed by atoms with Crippen molar-refractivity contribution in [3.63, 3.8) is 0 Å². The Balaban J connectivity index is 1.64. The number of ketones is 1. The van der Waals surface area contributed by atoms with Crippen LogP contribution in [0.15, 0.2) is 18.5 Å². The number of halogens is 2. The van der Waals surface area contributed by atoms with Crippen molar-refractivity contribution in [3.8, 4) is 11.3 Å². The van der Waals surface area contributed by atoms with E-state index in [0.717, 1.165) is 16.8 Å². The number of carbonyl (C=O) groups excluding carboxylic acids is 2. The molecule has 158 valence electrons. The van der Waals surface area contributed by atoms with E-state index in [1.165, 1.54) is 19.2 Å². The van der Waals surface area contributed by atoms with Crippen LogP contribution in [-0.2, 0) is 12.8 Å². The molecule has 0 fully saturated rings. The molecule has 1 amide bonds. The van der Waals surface area contributed by atoms with Crippen molar-refractivity contribution >= 4 is 34.8 Å². The molecule has 1 aliphatic carbocycles. The van der Waals surface area contributed by atoms with E-state index < -0.39 is 5.82 Å². The van der Waals surface area contributed by atoms with Crippen LogP contribution in [0.3, 0.4) is 0 Å². The van der Waals surface area contributed by atoms with Crippen LogP contribution in [0.4, 0.5) is 15.9 Å². The summed E-state index contributed by atoms with van der Waals surface area (Å²) in [4.78, 5) is 35.9. The molecule has 0 unspecified atom stereocenters. The SMILES string of the molecule is CC(=O)c1cnc(Cl)cc1Nc1ncc2c(c1F)-c1[nH]c3c(c1CC2)C(=O)NC[C@@H]3C. The van der Waals surface area contributed by atoms with Gasteiger partial charge in [-0.05, 0) is 37.0 Å². The van der Waals surface area contributed by atoms with E-state index in [-0.39, 0.29) is 34.1 Å². The smallest absolute Gasteiger partial charge is 0.253 e. The number of carbonyl (C=O) groups is 2. The molecule has 0 aromatic carbocycles. The fourth-order valence-corrected chi connectivity index (χ4v) is 4.52. The molecular weight excluding hydrogens is 421 g/mol. The Labute approximate surface area is 182 Å². The Morgan fingerprint density at radius 2 is 2.06 bits per heavy atom. The van der Waals surface area contributed by atoms with E-state index in [1.807, 2.05) is 6.92 Å². The summed E-state index contributed by atoms with van der Waals surface area (Å²) < 4.78 is 15.7. The van der Waals surface area contributed by atoms with E-state index in [1.54, 1.807) is 6.20 Å². The number of aromatic amines is 1. The van der Waals surface area contributed by atoms with Crippen molar-refractivity contribution in [1.29, 1.82) is 0 Å². The van der Waals surface area contributed by atoms with Gasteiger partial charge in [-0.1, -0.05) is 18.5 Å². The zero-order valence-electron chi connectivity index (χ0n) is 16.9. The highest BCUT2D eigenvalue weighted by molar-refractivity contribution is 6.29. The van der Waals surface area contributed by atoms with Crippen LogP contribution in [0.25, 0.3) is 11.3 Å². The van der Waals surface area contributed by atoms with E-state index >= 15 is 4.39 Å². The van der Waals surface area contributed by atoms with E-state index in [2.05, 4.69) is 25.6 Å². The topological polar surface area (TPSA) is 99.8 Å². The number of amides is 1. The highest BCUT2D eigenvalue weighted by Gasteiger charge is 2.34. The lowest BCUT2D eigenvalue weighted by atomic mass is 9.87. The average molecular weight is 440 g/mol. The molecule has 0 bridgehead atoms. The lowest BCUT2D eigenvalue weighted by molar-refractivity contribution is 0.0939. The molecule has 3 aromatic heterocycles. The van der Waals surface area contributed by atoms with Gasteiger partial charge in [0.25, 0.3) is 5.91 Å².